The van der Waals surface area contributed by atoms with E-state index in [1.807, 2.05) is 45.0 Å². The molecule has 2 N–H and O–H groups in total. The van der Waals surface area contributed by atoms with E-state index in [-0.39, 0.29) is 32.3 Å². The van der Waals surface area contributed by atoms with Crippen LogP contribution in [-0.4, -0.2) is 60.6 Å². The molecule has 1 aliphatic heterocycles. The lowest BCUT2D eigenvalue weighted by Gasteiger charge is -2.40. The Morgan fingerprint density at radius 2 is 1.34 bits per heavy atom. The lowest BCUT2D eigenvalue weighted by molar-refractivity contribution is -0.277. The van der Waals surface area contributed by atoms with Crippen LogP contribution in [0, 0.1) is 6.92 Å². The molecule has 212 valence electrons. The van der Waals surface area contributed by atoms with Gasteiger partial charge in [0.2, 0.25) is 12.4 Å². The van der Waals surface area contributed by atoms with Crippen LogP contribution in [0.2, 0.25) is 0 Å². The van der Waals surface area contributed by atoms with E-state index in [4.69, 9.17) is 29.4 Å². The summed E-state index contributed by atoms with van der Waals surface area (Å²) >= 11 is 0. The van der Waals surface area contributed by atoms with Crippen molar-refractivity contribution in [2.75, 3.05) is 6.61 Å². The number of carbonyl (C=O) groups is 4. The number of ether oxygens (including phenoxy) is 5. The van der Waals surface area contributed by atoms with E-state index in [0.717, 1.165) is 11.1 Å². The van der Waals surface area contributed by atoms with Gasteiger partial charge in [0.15, 0.2) is 12.2 Å². The van der Waals surface area contributed by atoms with E-state index in [1.54, 1.807) is 6.92 Å². The predicted molar refractivity (Wildman–Crippen MR) is 138 cm³/mol. The summed E-state index contributed by atoms with van der Waals surface area (Å²) < 4.78 is 28.1. The first-order chi connectivity index (χ1) is 18.0. The zero-order chi connectivity index (χ0) is 28.3. The molecule has 2 rings (SSSR count). The van der Waals surface area contributed by atoms with Gasteiger partial charge < -0.3 is 29.4 Å². The minimum atomic E-state index is -1.44. The molecule has 1 fully saturated rings. The third kappa shape index (κ3) is 9.40. The average molecular weight is 536 g/mol. The van der Waals surface area contributed by atoms with Gasteiger partial charge in [-0.15, -0.1) is 0 Å². The minimum Gasteiger partial charge on any atom is -0.456 e. The second-order valence-electron chi connectivity index (χ2n) is 9.87. The van der Waals surface area contributed by atoms with E-state index in [2.05, 4.69) is 0 Å². The van der Waals surface area contributed by atoms with E-state index in [1.165, 1.54) is 6.92 Å². The SMILES string of the molecule is CCCC(=O)OC1CO[C@@H](OC(=O)[C@@](C)(N)Cc2ccc(C)cc2)[C@H](OC(=O)CCC)[C@H]1OC(=O)CCC. The van der Waals surface area contributed by atoms with E-state index < -0.39 is 54.0 Å². The fraction of sp³-hybridized carbons (Fsp3) is 0.643. The Bertz CT molecular complexity index is 944. The minimum absolute atomic E-state index is 0.0785. The van der Waals surface area contributed by atoms with Crippen molar-refractivity contribution in [1.29, 1.82) is 0 Å². The number of benzene rings is 1. The molecule has 0 spiro atoms. The Morgan fingerprint density at radius 1 is 0.842 bits per heavy atom. The largest absolute Gasteiger partial charge is 0.456 e. The van der Waals surface area contributed by atoms with Gasteiger partial charge in [-0.3, -0.25) is 14.4 Å². The number of rotatable bonds is 13. The Labute approximate surface area is 224 Å². The van der Waals surface area contributed by atoms with Crippen LogP contribution in [-0.2, 0) is 49.3 Å². The van der Waals surface area contributed by atoms with Gasteiger partial charge in [-0.2, -0.15) is 0 Å². The van der Waals surface area contributed by atoms with Crippen LogP contribution in [0.5, 0.6) is 0 Å². The van der Waals surface area contributed by atoms with E-state index >= 15 is 0 Å². The second-order valence-corrected chi connectivity index (χ2v) is 9.87. The molecule has 10 nitrogen and oxygen atoms in total. The fourth-order valence-corrected chi connectivity index (χ4v) is 3.92. The van der Waals surface area contributed by atoms with Crippen LogP contribution in [0.4, 0.5) is 0 Å². The maximum Gasteiger partial charge on any atom is 0.328 e. The van der Waals surface area contributed by atoms with Crippen molar-refractivity contribution in [1.82, 2.24) is 0 Å². The van der Waals surface area contributed by atoms with Crippen molar-refractivity contribution in [2.45, 2.75) is 110 Å². The Morgan fingerprint density at radius 3 is 1.87 bits per heavy atom. The van der Waals surface area contributed by atoms with E-state index in [9.17, 15) is 19.2 Å². The summed E-state index contributed by atoms with van der Waals surface area (Å²) in [4.78, 5) is 50.4. The molecule has 5 atom stereocenters. The molecule has 1 unspecified atom stereocenters. The smallest absolute Gasteiger partial charge is 0.328 e. The number of aryl methyl sites for hydroxylation is 1. The fourth-order valence-electron chi connectivity index (χ4n) is 3.92. The lowest BCUT2D eigenvalue weighted by Crippen LogP contribution is -2.60. The summed E-state index contributed by atoms with van der Waals surface area (Å²) in [5.41, 5.74) is 6.80. The van der Waals surface area contributed by atoms with Crippen molar-refractivity contribution in [3.8, 4) is 0 Å². The highest BCUT2D eigenvalue weighted by Gasteiger charge is 2.50. The highest BCUT2D eigenvalue weighted by atomic mass is 16.7. The zero-order valence-electron chi connectivity index (χ0n) is 23.0. The van der Waals surface area contributed by atoms with Gasteiger partial charge in [-0.1, -0.05) is 50.6 Å². The molecule has 0 bridgehead atoms. The number of hydrogen-bond donors (Lipinski definition) is 1. The van der Waals surface area contributed by atoms with Crippen molar-refractivity contribution in [3.63, 3.8) is 0 Å². The zero-order valence-corrected chi connectivity index (χ0v) is 23.0. The highest BCUT2D eigenvalue weighted by Crippen LogP contribution is 2.28. The van der Waals surface area contributed by atoms with Crippen LogP contribution < -0.4 is 5.73 Å². The first-order valence-electron chi connectivity index (χ1n) is 13.3. The molecule has 1 aliphatic rings. The van der Waals surface area contributed by atoms with Crippen LogP contribution in [0.3, 0.4) is 0 Å². The first kappa shape index (κ1) is 31.2. The Balaban J connectivity index is 2.30. The molecule has 0 amide bonds. The van der Waals surface area contributed by atoms with Gasteiger partial charge in [-0.25, -0.2) is 4.79 Å². The molecule has 1 aromatic carbocycles. The number of carbonyl (C=O) groups excluding carboxylic acids is 4. The summed E-state index contributed by atoms with van der Waals surface area (Å²) in [6.45, 7) is 8.68. The summed E-state index contributed by atoms with van der Waals surface area (Å²) in [5, 5.41) is 0. The van der Waals surface area contributed by atoms with Crippen molar-refractivity contribution >= 4 is 23.9 Å². The van der Waals surface area contributed by atoms with Gasteiger partial charge in [0, 0.05) is 25.7 Å². The van der Waals surface area contributed by atoms with Crippen molar-refractivity contribution in [2.24, 2.45) is 5.73 Å². The second kappa shape index (κ2) is 14.8. The molecule has 0 saturated carbocycles. The van der Waals surface area contributed by atoms with Gasteiger partial charge in [0.1, 0.15) is 5.54 Å². The molecule has 0 radical (unpaired) electrons. The number of nitrogens with two attached hydrogens (primary N) is 1. The average Bonchev–Trinajstić information content (AvgIpc) is 2.84. The Kier molecular flexibility index (Phi) is 12.2. The Hall–Kier alpha value is -2.98. The first-order valence-corrected chi connectivity index (χ1v) is 13.3. The third-order valence-electron chi connectivity index (χ3n) is 5.94. The molecular weight excluding hydrogens is 494 g/mol. The predicted octanol–water partition coefficient (Wildman–Crippen LogP) is 3.29. The summed E-state index contributed by atoms with van der Waals surface area (Å²) in [6.07, 6.45) is -2.98. The van der Waals surface area contributed by atoms with Gasteiger partial charge in [0.05, 0.1) is 6.61 Å². The van der Waals surface area contributed by atoms with Gasteiger partial charge >= 0.3 is 23.9 Å². The molecule has 1 saturated heterocycles. The standard InChI is InChI=1S/C28H41NO9/c1-6-9-21(30)35-20-17-34-26(25(37-23(32)11-8-3)24(20)36-22(31)10-7-2)38-27(33)28(5,29)16-19-14-12-18(4)13-15-19/h12-15,20,24-26H,6-11,16-17,29H2,1-5H3/t20?,24-,25+,26-,28-/m0/s1. The summed E-state index contributed by atoms with van der Waals surface area (Å²) in [6, 6.07) is 7.58. The van der Waals surface area contributed by atoms with Crippen LogP contribution in [0.15, 0.2) is 24.3 Å². The molecular formula is C28H41NO9. The molecule has 0 aliphatic carbocycles. The molecule has 38 heavy (non-hydrogen) atoms. The van der Waals surface area contributed by atoms with Crippen LogP contribution in [0.25, 0.3) is 0 Å². The lowest BCUT2D eigenvalue weighted by atomic mass is 9.93. The molecule has 0 aromatic heterocycles. The number of hydrogen-bond acceptors (Lipinski definition) is 10. The topological polar surface area (TPSA) is 140 Å². The maximum atomic E-state index is 13.2. The molecule has 1 aromatic rings. The van der Waals surface area contributed by atoms with Gasteiger partial charge in [0.25, 0.3) is 0 Å². The summed E-state index contributed by atoms with van der Waals surface area (Å²) in [7, 11) is 0. The van der Waals surface area contributed by atoms with Crippen molar-refractivity contribution in [3.05, 3.63) is 35.4 Å². The monoisotopic (exact) mass is 535 g/mol. The van der Waals surface area contributed by atoms with E-state index in [0.29, 0.717) is 19.3 Å². The van der Waals surface area contributed by atoms with Crippen LogP contribution in [0.1, 0.15) is 77.3 Å². The van der Waals surface area contributed by atoms with Crippen LogP contribution >= 0.6 is 0 Å². The number of esters is 4. The molecule has 10 heteroatoms. The third-order valence-corrected chi connectivity index (χ3v) is 5.94. The van der Waals surface area contributed by atoms with Gasteiger partial charge in [-0.05, 0) is 38.7 Å². The quantitative estimate of drug-likeness (QED) is 0.295. The van der Waals surface area contributed by atoms with Crippen molar-refractivity contribution < 1.29 is 42.9 Å². The maximum absolute atomic E-state index is 13.2. The summed E-state index contributed by atoms with van der Waals surface area (Å²) in [5.74, 6) is -2.48. The highest BCUT2D eigenvalue weighted by molar-refractivity contribution is 5.80. The molecule has 1 heterocycles. The normalized spacial score (nSPS) is 22.6.